The number of methoxy groups -OCH3 is 1. The SMILES string of the molecule is COC(=O)C[C@@H](B1Nc2cccc3cccc(c23)N1)C(C)C. The maximum atomic E-state index is 11.7. The van der Waals surface area contributed by atoms with E-state index in [0.717, 1.165) is 11.4 Å². The van der Waals surface area contributed by atoms with Gasteiger partial charge in [0.1, 0.15) is 0 Å². The molecule has 114 valence electrons. The predicted octanol–water partition coefficient (Wildman–Crippen LogP) is 3.75. The Morgan fingerprint density at radius 2 is 1.73 bits per heavy atom. The van der Waals surface area contributed by atoms with E-state index >= 15 is 0 Å². The monoisotopic (exact) mass is 296 g/mol. The summed E-state index contributed by atoms with van der Waals surface area (Å²) in [6.45, 7) is 4.29. The number of ether oxygens (including phenoxy) is 1. The van der Waals surface area contributed by atoms with Gasteiger partial charge in [-0.1, -0.05) is 38.1 Å². The zero-order valence-electron chi connectivity index (χ0n) is 13.2. The lowest BCUT2D eigenvalue weighted by Crippen LogP contribution is -2.44. The quantitative estimate of drug-likeness (QED) is 0.666. The molecule has 1 aliphatic rings. The second-order valence-corrected chi connectivity index (χ2v) is 6.16. The van der Waals surface area contributed by atoms with E-state index in [1.165, 1.54) is 17.9 Å². The highest BCUT2D eigenvalue weighted by atomic mass is 16.5. The van der Waals surface area contributed by atoms with Crippen LogP contribution in [0.15, 0.2) is 36.4 Å². The molecule has 1 atom stereocenters. The van der Waals surface area contributed by atoms with Gasteiger partial charge in [0.25, 0.3) is 0 Å². The molecular weight excluding hydrogens is 275 g/mol. The molecule has 22 heavy (non-hydrogen) atoms. The fourth-order valence-corrected chi connectivity index (χ4v) is 3.18. The van der Waals surface area contributed by atoms with Crippen LogP contribution < -0.4 is 10.5 Å². The van der Waals surface area contributed by atoms with Crippen molar-refractivity contribution in [1.29, 1.82) is 0 Å². The van der Waals surface area contributed by atoms with E-state index in [4.69, 9.17) is 4.74 Å². The molecule has 0 aromatic heterocycles. The van der Waals surface area contributed by atoms with Crippen molar-refractivity contribution in [1.82, 2.24) is 0 Å². The molecule has 2 aromatic rings. The summed E-state index contributed by atoms with van der Waals surface area (Å²) in [6, 6.07) is 12.5. The number of nitrogens with one attached hydrogen (secondary N) is 2. The zero-order valence-corrected chi connectivity index (χ0v) is 13.2. The molecule has 0 saturated carbocycles. The molecule has 0 fully saturated rings. The van der Waals surface area contributed by atoms with Crippen molar-refractivity contribution in [3.63, 3.8) is 0 Å². The van der Waals surface area contributed by atoms with Gasteiger partial charge in [-0.25, -0.2) is 0 Å². The van der Waals surface area contributed by atoms with Crippen molar-refractivity contribution >= 4 is 35.1 Å². The van der Waals surface area contributed by atoms with Crippen LogP contribution >= 0.6 is 0 Å². The molecule has 0 bridgehead atoms. The van der Waals surface area contributed by atoms with Gasteiger partial charge in [0.15, 0.2) is 0 Å². The van der Waals surface area contributed by atoms with Gasteiger partial charge in [-0.05, 0) is 29.3 Å². The molecule has 2 aromatic carbocycles. The number of esters is 1. The Bertz CT molecular complexity index is 661. The van der Waals surface area contributed by atoms with Crippen LogP contribution in [0.2, 0.25) is 5.82 Å². The molecule has 2 N–H and O–H groups in total. The lowest BCUT2D eigenvalue weighted by atomic mass is 9.55. The van der Waals surface area contributed by atoms with E-state index < -0.39 is 0 Å². The van der Waals surface area contributed by atoms with Crippen LogP contribution in [0.25, 0.3) is 10.8 Å². The number of anilines is 2. The molecule has 0 spiro atoms. The highest BCUT2D eigenvalue weighted by Gasteiger charge is 2.35. The Labute approximate surface area is 131 Å². The van der Waals surface area contributed by atoms with Crippen LogP contribution in [-0.4, -0.2) is 20.1 Å². The van der Waals surface area contributed by atoms with Gasteiger partial charge in [0.05, 0.1) is 7.11 Å². The Balaban J connectivity index is 1.93. The summed E-state index contributed by atoms with van der Waals surface area (Å²) in [7, 11) is 1.44. The van der Waals surface area contributed by atoms with Crippen molar-refractivity contribution in [2.75, 3.05) is 17.6 Å². The molecule has 5 heteroatoms. The van der Waals surface area contributed by atoms with E-state index in [1.54, 1.807) is 0 Å². The van der Waals surface area contributed by atoms with Crippen LogP contribution in [0.4, 0.5) is 11.4 Å². The first-order valence-corrected chi connectivity index (χ1v) is 7.72. The molecule has 1 aliphatic heterocycles. The fraction of sp³-hybridized carbons (Fsp3) is 0.353. The largest absolute Gasteiger partial charge is 0.469 e. The minimum Gasteiger partial charge on any atom is -0.469 e. The van der Waals surface area contributed by atoms with E-state index in [-0.39, 0.29) is 18.8 Å². The van der Waals surface area contributed by atoms with Crippen molar-refractivity contribution in [2.24, 2.45) is 5.92 Å². The molecule has 0 saturated heterocycles. The Morgan fingerprint density at radius 1 is 1.14 bits per heavy atom. The van der Waals surface area contributed by atoms with Crippen LogP contribution in [-0.2, 0) is 9.53 Å². The first-order valence-electron chi connectivity index (χ1n) is 7.72. The van der Waals surface area contributed by atoms with Crippen molar-refractivity contribution in [2.45, 2.75) is 26.1 Å². The number of carbonyl (C=O) groups is 1. The summed E-state index contributed by atoms with van der Waals surface area (Å²) in [5.41, 5.74) is 2.24. The number of hydrogen-bond donors (Lipinski definition) is 2. The topological polar surface area (TPSA) is 50.4 Å². The maximum absolute atomic E-state index is 11.7. The Kier molecular flexibility index (Phi) is 3.97. The van der Waals surface area contributed by atoms with Gasteiger partial charge < -0.3 is 15.2 Å². The minimum atomic E-state index is -0.167. The summed E-state index contributed by atoms with van der Waals surface area (Å²) in [5, 5.41) is 9.53. The molecule has 3 rings (SSSR count). The van der Waals surface area contributed by atoms with Crippen LogP contribution in [0.1, 0.15) is 20.3 Å². The smallest absolute Gasteiger partial charge is 0.374 e. The molecule has 0 radical (unpaired) electrons. The van der Waals surface area contributed by atoms with Gasteiger partial charge in [0, 0.05) is 23.2 Å². The third-order valence-electron chi connectivity index (χ3n) is 4.44. The second-order valence-electron chi connectivity index (χ2n) is 6.16. The van der Waals surface area contributed by atoms with Gasteiger partial charge in [-0.2, -0.15) is 0 Å². The lowest BCUT2D eigenvalue weighted by Gasteiger charge is -2.33. The minimum absolute atomic E-state index is 0.0135. The van der Waals surface area contributed by atoms with E-state index in [1.807, 2.05) is 0 Å². The Hall–Kier alpha value is -2.17. The molecule has 0 unspecified atom stereocenters. The van der Waals surface area contributed by atoms with Crippen LogP contribution in [0.5, 0.6) is 0 Å². The van der Waals surface area contributed by atoms with Crippen molar-refractivity contribution < 1.29 is 9.53 Å². The van der Waals surface area contributed by atoms with E-state index in [0.29, 0.717) is 12.3 Å². The highest BCUT2D eigenvalue weighted by Crippen LogP contribution is 2.38. The normalized spacial score (nSPS) is 14.5. The summed E-state index contributed by atoms with van der Waals surface area (Å²) < 4.78 is 4.85. The van der Waals surface area contributed by atoms with Crippen LogP contribution in [0, 0.1) is 5.92 Å². The first kappa shape index (κ1) is 14.8. The molecular formula is C17H21BN2O2. The lowest BCUT2D eigenvalue weighted by molar-refractivity contribution is -0.140. The highest BCUT2D eigenvalue weighted by molar-refractivity contribution is 6.69. The summed E-state index contributed by atoms with van der Waals surface area (Å²) >= 11 is 0. The second kappa shape index (κ2) is 5.91. The number of carbonyl (C=O) groups excluding carboxylic acids is 1. The molecule has 0 amide bonds. The standard InChI is InChI=1S/C17H21BN2O2/c1-11(2)13(10-16(21)22-3)18-19-14-8-4-6-12-7-5-9-15(20-18)17(12)14/h4-9,11,13,19-20H,10H2,1-3H3/t13-/m1/s1. The zero-order chi connectivity index (χ0) is 15.7. The average Bonchev–Trinajstić information content (AvgIpc) is 2.52. The maximum Gasteiger partial charge on any atom is 0.374 e. The van der Waals surface area contributed by atoms with E-state index in [9.17, 15) is 4.79 Å². The number of hydrogen-bond acceptors (Lipinski definition) is 4. The molecule has 1 heterocycles. The van der Waals surface area contributed by atoms with Crippen molar-refractivity contribution in [3.05, 3.63) is 36.4 Å². The summed E-state index contributed by atoms with van der Waals surface area (Å²) in [4.78, 5) is 11.7. The molecule has 4 nitrogen and oxygen atoms in total. The third kappa shape index (κ3) is 2.63. The number of rotatable bonds is 4. The Morgan fingerprint density at radius 3 is 2.23 bits per heavy atom. The number of benzene rings is 2. The van der Waals surface area contributed by atoms with Gasteiger partial charge in [-0.15, -0.1) is 0 Å². The average molecular weight is 296 g/mol. The van der Waals surface area contributed by atoms with E-state index in [2.05, 4.69) is 60.7 Å². The van der Waals surface area contributed by atoms with Gasteiger partial charge >= 0.3 is 13.0 Å². The summed E-state index contributed by atoms with van der Waals surface area (Å²) in [6.07, 6.45) is 0.400. The predicted molar refractivity (Wildman–Crippen MR) is 92.2 cm³/mol. The van der Waals surface area contributed by atoms with Crippen LogP contribution in [0.3, 0.4) is 0 Å². The molecule has 0 aliphatic carbocycles. The first-order chi connectivity index (χ1) is 10.6. The third-order valence-corrected chi connectivity index (χ3v) is 4.44. The van der Waals surface area contributed by atoms with Gasteiger partial charge in [-0.3, -0.25) is 4.79 Å². The fourth-order valence-electron chi connectivity index (χ4n) is 3.18. The summed E-state index contributed by atoms with van der Waals surface area (Å²) in [5.74, 6) is 0.337. The van der Waals surface area contributed by atoms with Crippen molar-refractivity contribution in [3.8, 4) is 0 Å². The van der Waals surface area contributed by atoms with Gasteiger partial charge in [0.2, 0.25) is 0 Å².